The predicted molar refractivity (Wildman–Crippen MR) is 255 cm³/mol. The Labute approximate surface area is 411 Å². The van der Waals surface area contributed by atoms with Crippen molar-refractivity contribution in [3.63, 3.8) is 0 Å². The summed E-state index contributed by atoms with van der Waals surface area (Å²) in [7, 11) is 5.24. The fourth-order valence-corrected chi connectivity index (χ4v) is 11.2. The van der Waals surface area contributed by atoms with Gasteiger partial charge in [0.1, 0.15) is 17.3 Å². The number of esters is 3. The van der Waals surface area contributed by atoms with Crippen molar-refractivity contribution >= 4 is 23.6 Å². The first-order chi connectivity index (χ1) is 32.1. The van der Waals surface area contributed by atoms with Gasteiger partial charge >= 0.3 is 17.9 Å². The molecule has 0 radical (unpaired) electrons. The maximum absolute atomic E-state index is 14.7. The molecule has 18 atom stereocenters. The van der Waals surface area contributed by atoms with Crippen molar-refractivity contribution in [1.29, 1.82) is 0 Å². The summed E-state index contributed by atoms with van der Waals surface area (Å²) in [6, 6.07) is -0.342. The molecule has 0 bridgehead atoms. The van der Waals surface area contributed by atoms with Crippen molar-refractivity contribution in [3.8, 4) is 0 Å². The van der Waals surface area contributed by atoms with Crippen LogP contribution in [0.2, 0.25) is 0 Å². The summed E-state index contributed by atoms with van der Waals surface area (Å²) in [5, 5.41) is 42.6. The molecule has 3 saturated heterocycles. The Morgan fingerprint density at radius 3 is 2.12 bits per heavy atom. The van der Waals surface area contributed by atoms with E-state index >= 15 is 0 Å². The van der Waals surface area contributed by atoms with E-state index in [1.165, 1.54) is 21.0 Å². The Kier molecular flexibility index (Phi) is 20.7. The molecule has 4 aliphatic rings. The molecule has 3 N–H and O–H groups in total. The number of likely N-dealkylation sites (N-methyl/N-ethyl adjacent to an activating group) is 1. The zero-order chi connectivity index (χ0) is 52.0. The molecule has 1 aliphatic carbocycles. The van der Waals surface area contributed by atoms with Gasteiger partial charge in [-0.15, -0.1) is 0 Å². The van der Waals surface area contributed by atoms with Crippen LogP contribution in [0.5, 0.6) is 0 Å². The first-order valence-electron chi connectivity index (χ1n) is 25.2. The third-order valence-electron chi connectivity index (χ3n) is 14.9. The summed E-state index contributed by atoms with van der Waals surface area (Å²) in [4.78, 5) is 48.3. The van der Waals surface area contributed by atoms with Gasteiger partial charge in [-0.1, -0.05) is 45.9 Å². The number of ether oxygens (including phenoxy) is 9. The van der Waals surface area contributed by atoms with E-state index in [1.807, 2.05) is 46.7 Å². The fraction of sp³-hybridized carbons (Fsp3) is 0.882. The fourth-order valence-electron chi connectivity index (χ4n) is 11.2. The molecule has 18 heteroatoms. The van der Waals surface area contributed by atoms with Crippen molar-refractivity contribution in [2.75, 3.05) is 21.2 Å². The Balaban J connectivity index is 1.95. The predicted octanol–water partition coefficient (Wildman–Crippen LogP) is 5.98. The quantitative estimate of drug-likeness (QED) is 0.0599. The van der Waals surface area contributed by atoms with Crippen LogP contribution in [0.3, 0.4) is 0 Å². The van der Waals surface area contributed by atoms with Gasteiger partial charge < -0.3 is 67.7 Å². The summed E-state index contributed by atoms with van der Waals surface area (Å²) in [5.74, 6) is -6.63. The smallest absolute Gasteiger partial charge is 0.330 e. The van der Waals surface area contributed by atoms with Gasteiger partial charge in [-0.3, -0.25) is 9.59 Å². The number of nitrogens with zero attached hydrogens (tertiary/aromatic N) is 2. The second-order valence-electron chi connectivity index (χ2n) is 21.5. The van der Waals surface area contributed by atoms with Gasteiger partial charge in [-0.05, 0) is 102 Å². The topological polar surface area (TPSA) is 220 Å². The molecule has 3 aliphatic heterocycles. The molecular weight excluding hydrogens is 897 g/mol. The summed E-state index contributed by atoms with van der Waals surface area (Å²) < 4.78 is 57.1. The van der Waals surface area contributed by atoms with Crippen LogP contribution in [0.15, 0.2) is 17.8 Å². The average Bonchev–Trinajstić information content (AvgIpc) is 3.26. The molecule has 1 saturated carbocycles. The van der Waals surface area contributed by atoms with Crippen LogP contribution in [0, 0.1) is 23.7 Å². The summed E-state index contributed by atoms with van der Waals surface area (Å²) >= 11 is 0. The van der Waals surface area contributed by atoms with E-state index in [4.69, 9.17) is 52.6 Å². The lowest BCUT2D eigenvalue weighted by molar-refractivity contribution is -0.319. The van der Waals surface area contributed by atoms with E-state index in [0.29, 0.717) is 25.0 Å². The van der Waals surface area contributed by atoms with Gasteiger partial charge in [0, 0.05) is 57.1 Å². The Morgan fingerprint density at radius 2 is 1.57 bits per heavy atom. The monoisotopic (exact) mass is 985 g/mol. The van der Waals surface area contributed by atoms with E-state index in [9.17, 15) is 29.7 Å². The van der Waals surface area contributed by atoms with Crippen molar-refractivity contribution in [2.24, 2.45) is 28.8 Å². The van der Waals surface area contributed by atoms with Crippen LogP contribution in [0.25, 0.3) is 0 Å². The van der Waals surface area contributed by atoms with Gasteiger partial charge in [0.25, 0.3) is 0 Å². The molecule has 398 valence electrons. The highest BCUT2D eigenvalue weighted by atomic mass is 16.8. The number of aliphatic hydroxyl groups excluding tert-OH is 1. The molecule has 0 spiro atoms. The Morgan fingerprint density at radius 1 is 0.928 bits per heavy atom. The summed E-state index contributed by atoms with van der Waals surface area (Å²) in [6.07, 6.45) is -4.99. The molecule has 69 heavy (non-hydrogen) atoms. The largest absolute Gasteiger partial charge is 0.459 e. The number of cyclic esters (lactones) is 1. The van der Waals surface area contributed by atoms with E-state index in [0.717, 1.165) is 25.3 Å². The van der Waals surface area contributed by atoms with Crippen LogP contribution in [-0.4, -0.2) is 161 Å². The van der Waals surface area contributed by atoms with Crippen molar-refractivity contribution in [1.82, 2.24) is 4.90 Å². The van der Waals surface area contributed by atoms with E-state index in [-0.39, 0.29) is 37.5 Å². The number of oxime groups is 1. The minimum atomic E-state index is -2.01. The van der Waals surface area contributed by atoms with E-state index in [1.54, 1.807) is 48.5 Å². The molecule has 3 heterocycles. The van der Waals surface area contributed by atoms with Crippen LogP contribution in [0.1, 0.15) is 148 Å². The molecular formula is C51H88N2O16. The molecule has 0 aromatic heterocycles. The lowest BCUT2D eigenvalue weighted by atomic mass is 9.73. The van der Waals surface area contributed by atoms with E-state index < -0.39 is 119 Å². The lowest BCUT2D eigenvalue weighted by Crippen LogP contribution is -2.62. The van der Waals surface area contributed by atoms with Crippen LogP contribution >= 0.6 is 0 Å². The highest BCUT2D eigenvalue weighted by Crippen LogP contribution is 2.43. The number of aliphatic hydroxyl groups is 3. The molecule has 0 unspecified atom stereocenters. The van der Waals surface area contributed by atoms with E-state index in [2.05, 4.69) is 6.58 Å². The molecule has 18 nitrogen and oxygen atoms in total. The third-order valence-corrected chi connectivity index (χ3v) is 14.9. The zero-order valence-electron chi connectivity index (χ0n) is 44.4. The zero-order valence-corrected chi connectivity index (χ0v) is 44.4. The molecule has 0 aromatic carbocycles. The average molecular weight is 985 g/mol. The molecule has 0 amide bonds. The number of hydrogen-bond acceptors (Lipinski definition) is 18. The summed E-state index contributed by atoms with van der Waals surface area (Å²) in [5.41, 5.74) is -4.65. The van der Waals surface area contributed by atoms with Crippen molar-refractivity contribution < 1.29 is 77.2 Å². The summed E-state index contributed by atoms with van der Waals surface area (Å²) in [6.45, 7) is 25.8. The van der Waals surface area contributed by atoms with Gasteiger partial charge in [0.05, 0.1) is 59.9 Å². The highest BCUT2D eigenvalue weighted by Gasteiger charge is 2.55. The second kappa shape index (κ2) is 24.3. The van der Waals surface area contributed by atoms with Crippen LogP contribution < -0.4 is 0 Å². The van der Waals surface area contributed by atoms with Gasteiger partial charge in [-0.25, -0.2) is 4.79 Å². The van der Waals surface area contributed by atoms with Gasteiger partial charge in [-0.2, -0.15) is 0 Å². The maximum Gasteiger partial charge on any atom is 0.330 e. The number of carbonyl (C=O) groups is 3. The normalized spacial score (nSPS) is 42.3. The third kappa shape index (κ3) is 14.3. The van der Waals surface area contributed by atoms with Crippen molar-refractivity contribution in [2.45, 2.75) is 244 Å². The standard InChI is InChI=1S/C51H88N2O16/c1-18-37-50(14,59)43(56)31(7)40(52-69-51(68-28(3)4)23-21-20-22-24-51)29(5)26-48(12,58)44(67-47-42(63-35(11)54)36(53(15)16)25-30(6)61-47)32(8)41(33(9)46(57)64-37)66-39-27-49(13,60-17)45(34(10)62-39)65-38(55)19-2/h19,28-34,36-37,39,41-45,47,56,58-59H,2,18,20-27H2,1,3-17H3/b52-40+/t29-,30-,31+,32+,33-,34+,36+,37-,39+,41+,42-,43-,44-,45+,47+,48-,49-,50-/m1/s1. The SMILES string of the molecule is C=CC(=O)O[C@H]1[C@H](C)O[C@@H](O[C@H]2[C@H](C)[C@@H](O[C@@H]3O[C@H](C)C[C@H](N(C)C)[C@H]3OC(C)=O)[C@](C)(O)C[C@@H](C)/C(=N\OC3(OC(C)C)CCCCC3)[C@H](C)[C@@H](O)[C@](C)(O)[C@@H](CC)OC(=O)[C@@H]2C)C[C@@]1(C)OC. The van der Waals surface area contributed by atoms with Gasteiger partial charge in [0.2, 0.25) is 5.79 Å². The molecule has 0 aromatic rings. The minimum Gasteiger partial charge on any atom is -0.459 e. The van der Waals surface area contributed by atoms with Crippen molar-refractivity contribution in [3.05, 3.63) is 12.7 Å². The lowest BCUT2D eigenvalue weighted by Gasteiger charge is -2.49. The first-order valence-corrected chi connectivity index (χ1v) is 25.2. The minimum absolute atomic E-state index is 0.0351. The number of methoxy groups -OCH3 is 1. The number of carbonyl (C=O) groups excluding carboxylic acids is 3. The maximum atomic E-state index is 14.7. The van der Waals surface area contributed by atoms with Crippen LogP contribution in [0.4, 0.5) is 0 Å². The Bertz CT molecular complexity index is 1730. The first kappa shape index (κ1) is 58.8. The van der Waals surface area contributed by atoms with Gasteiger partial charge in [0.15, 0.2) is 24.8 Å². The Hall–Kier alpha value is -2.78. The molecule has 4 fully saturated rings. The highest BCUT2D eigenvalue weighted by molar-refractivity contribution is 5.89. The number of rotatable bonds is 14. The number of hydrogen-bond donors (Lipinski definition) is 3. The van der Waals surface area contributed by atoms with Crippen LogP contribution in [-0.2, 0) is 61.9 Å². The molecule has 4 rings (SSSR count). The second-order valence-corrected chi connectivity index (χ2v) is 21.5.